The van der Waals surface area contributed by atoms with Gasteiger partial charge in [-0.05, 0) is 45.5 Å². The Morgan fingerprint density at radius 2 is 1.67 bits per heavy atom. The van der Waals surface area contributed by atoms with E-state index in [1.807, 2.05) is 79.0 Å². The molecule has 0 unspecified atom stereocenters. The Morgan fingerprint density at radius 3 is 2.30 bits per heavy atom. The van der Waals surface area contributed by atoms with Crippen LogP contribution in [0.25, 0.3) is 5.69 Å². The molecule has 27 heavy (non-hydrogen) atoms. The van der Waals surface area contributed by atoms with Crippen LogP contribution in [0.1, 0.15) is 29.9 Å². The van der Waals surface area contributed by atoms with Crippen LogP contribution in [0.15, 0.2) is 60.7 Å². The molecule has 0 aliphatic rings. The summed E-state index contributed by atoms with van der Waals surface area (Å²) in [7, 11) is 1.96. The third-order valence-corrected chi connectivity index (χ3v) is 4.89. The third kappa shape index (κ3) is 4.26. The molecule has 0 fully saturated rings. The summed E-state index contributed by atoms with van der Waals surface area (Å²) in [6.07, 6.45) is 0. The molecule has 0 aliphatic carbocycles. The van der Waals surface area contributed by atoms with Crippen molar-refractivity contribution in [2.45, 2.75) is 26.8 Å². The average Bonchev–Trinajstić information content (AvgIpc) is 2.97. The number of aryl methyl sites for hydroxylation is 1. The molecule has 3 aromatic rings. The second-order valence-corrected chi connectivity index (χ2v) is 6.84. The second-order valence-electron chi connectivity index (χ2n) is 6.84. The Hall–Kier alpha value is -2.92. The van der Waals surface area contributed by atoms with Gasteiger partial charge in [-0.1, -0.05) is 48.5 Å². The highest BCUT2D eigenvalue weighted by molar-refractivity contribution is 5.93. The van der Waals surface area contributed by atoms with Gasteiger partial charge in [0.15, 0.2) is 0 Å². The Bertz CT molecular complexity index is 903. The molecule has 1 amide bonds. The SMILES string of the molecule is Cc1nn(-c2ccccc2)c(C)c1NC(=O)CN(C)[C@@H](C)c1ccccc1. The zero-order valence-corrected chi connectivity index (χ0v) is 16.3. The maximum absolute atomic E-state index is 12.6. The van der Waals surface area contributed by atoms with E-state index in [1.54, 1.807) is 0 Å². The molecule has 0 spiro atoms. The summed E-state index contributed by atoms with van der Waals surface area (Å²) < 4.78 is 1.86. The number of para-hydroxylation sites is 1. The predicted molar refractivity (Wildman–Crippen MR) is 109 cm³/mol. The van der Waals surface area contributed by atoms with Gasteiger partial charge in [-0.15, -0.1) is 0 Å². The summed E-state index contributed by atoms with van der Waals surface area (Å²) in [5.41, 5.74) is 4.68. The molecule has 0 bridgehead atoms. The maximum Gasteiger partial charge on any atom is 0.238 e. The largest absolute Gasteiger partial charge is 0.322 e. The standard InChI is InChI=1S/C22H26N4O/c1-16-22(18(3)26(24-16)20-13-9-6-10-14-20)23-21(27)15-25(4)17(2)19-11-7-5-8-12-19/h5-14,17H,15H2,1-4H3,(H,23,27)/t17-/m0/s1. The van der Waals surface area contributed by atoms with Crippen LogP contribution in [0.3, 0.4) is 0 Å². The fourth-order valence-corrected chi connectivity index (χ4v) is 3.17. The van der Waals surface area contributed by atoms with E-state index in [0.717, 1.165) is 22.8 Å². The summed E-state index contributed by atoms with van der Waals surface area (Å²) in [4.78, 5) is 14.7. The van der Waals surface area contributed by atoms with Crippen LogP contribution in [0.5, 0.6) is 0 Å². The minimum atomic E-state index is -0.0425. The van der Waals surface area contributed by atoms with Crippen LogP contribution < -0.4 is 5.32 Å². The summed E-state index contributed by atoms with van der Waals surface area (Å²) >= 11 is 0. The minimum absolute atomic E-state index is 0.0425. The smallest absolute Gasteiger partial charge is 0.238 e. The van der Waals surface area contributed by atoms with Crippen molar-refractivity contribution < 1.29 is 4.79 Å². The summed E-state index contributed by atoms with van der Waals surface area (Å²) in [5, 5.41) is 7.63. The van der Waals surface area contributed by atoms with Crippen molar-refractivity contribution >= 4 is 11.6 Å². The number of carbonyl (C=O) groups is 1. The van der Waals surface area contributed by atoms with Gasteiger partial charge in [0.1, 0.15) is 0 Å². The lowest BCUT2D eigenvalue weighted by molar-refractivity contribution is -0.117. The van der Waals surface area contributed by atoms with E-state index in [2.05, 4.69) is 29.5 Å². The molecule has 0 saturated heterocycles. The zero-order valence-electron chi connectivity index (χ0n) is 16.3. The van der Waals surface area contributed by atoms with Crippen molar-refractivity contribution in [2.75, 3.05) is 18.9 Å². The average molecular weight is 362 g/mol. The van der Waals surface area contributed by atoms with Gasteiger partial charge in [0.2, 0.25) is 5.91 Å². The minimum Gasteiger partial charge on any atom is -0.322 e. The predicted octanol–water partition coefficient (Wildman–Crippen LogP) is 4.12. The van der Waals surface area contributed by atoms with Gasteiger partial charge in [0.25, 0.3) is 0 Å². The second kappa shape index (κ2) is 8.18. The van der Waals surface area contributed by atoms with Gasteiger partial charge >= 0.3 is 0 Å². The van der Waals surface area contributed by atoms with Gasteiger partial charge in [0.05, 0.1) is 29.3 Å². The number of benzene rings is 2. The van der Waals surface area contributed by atoms with Crippen LogP contribution in [0.2, 0.25) is 0 Å². The van der Waals surface area contributed by atoms with Crippen molar-refractivity contribution in [3.8, 4) is 5.69 Å². The number of likely N-dealkylation sites (N-methyl/N-ethyl adjacent to an activating group) is 1. The van der Waals surface area contributed by atoms with E-state index in [0.29, 0.717) is 6.54 Å². The third-order valence-electron chi connectivity index (χ3n) is 4.89. The number of rotatable bonds is 6. The Kier molecular flexibility index (Phi) is 5.72. The molecule has 1 heterocycles. The molecule has 1 aromatic heterocycles. The lowest BCUT2D eigenvalue weighted by atomic mass is 10.1. The van der Waals surface area contributed by atoms with Gasteiger partial charge in [0, 0.05) is 6.04 Å². The van der Waals surface area contributed by atoms with E-state index >= 15 is 0 Å². The van der Waals surface area contributed by atoms with E-state index in [1.165, 1.54) is 5.56 Å². The van der Waals surface area contributed by atoms with Crippen LogP contribution in [0.4, 0.5) is 5.69 Å². The number of amides is 1. The molecule has 0 aliphatic heterocycles. The molecule has 140 valence electrons. The molecule has 5 nitrogen and oxygen atoms in total. The molecule has 5 heteroatoms. The molecule has 2 aromatic carbocycles. The number of nitrogens with zero attached hydrogens (tertiary/aromatic N) is 3. The maximum atomic E-state index is 12.6. The number of hydrogen-bond acceptors (Lipinski definition) is 3. The monoisotopic (exact) mass is 362 g/mol. The first-order valence-electron chi connectivity index (χ1n) is 9.14. The number of nitrogens with one attached hydrogen (secondary N) is 1. The highest BCUT2D eigenvalue weighted by Gasteiger charge is 2.18. The van der Waals surface area contributed by atoms with Gasteiger partial charge < -0.3 is 5.32 Å². The molecular weight excluding hydrogens is 336 g/mol. The summed E-state index contributed by atoms with van der Waals surface area (Å²) in [5.74, 6) is -0.0425. The molecule has 0 radical (unpaired) electrons. The first-order valence-corrected chi connectivity index (χ1v) is 9.14. The molecule has 3 rings (SSSR count). The van der Waals surface area contributed by atoms with E-state index in [9.17, 15) is 4.79 Å². The number of carbonyl (C=O) groups excluding carboxylic acids is 1. The highest BCUT2D eigenvalue weighted by atomic mass is 16.2. The van der Waals surface area contributed by atoms with Crippen LogP contribution in [0, 0.1) is 13.8 Å². The zero-order chi connectivity index (χ0) is 19.4. The summed E-state index contributed by atoms with van der Waals surface area (Å²) in [6.45, 7) is 6.30. The molecule has 1 N–H and O–H groups in total. The van der Waals surface area contributed by atoms with Gasteiger partial charge in [-0.25, -0.2) is 4.68 Å². The van der Waals surface area contributed by atoms with E-state index in [4.69, 9.17) is 0 Å². The molecule has 0 saturated carbocycles. The fourth-order valence-electron chi connectivity index (χ4n) is 3.17. The Balaban J connectivity index is 1.70. The van der Waals surface area contributed by atoms with Crippen LogP contribution in [-0.2, 0) is 4.79 Å². The first-order chi connectivity index (χ1) is 13.0. The number of aromatic nitrogens is 2. The van der Waals surface area contributed by atoms with Crippen molar-refractivity contribution in [1.29, 1.82) is 0 Å². The lowest BCUT2D eigenvalue weighted by Crippen LogP contribution is -2.32. The van der Waals surface area contributed by atoms with Crippen molar-refractivity contribution in [1.82, 2.24) is 14.7 Å². The van der Waals surface area contributed by atoms with Crippen molar-refractivity contribution in [2.24, 2.45) is 0 Å². The number of anilines is 1. The Labute approximate surface area is 160 Å². The number of hydrogen-bond donors (Lipinski definition) is 1. The van der Waals surface area contributed by atoms with Crippen LogP contribution in [-0.4, -0.2) is 34.2 Å². The van der Waals surface area contributed by atoms with Gasteiger partial charge in [-0.3, -0.25) is 9.69 Å². The van der Waals surface area contributed by atoms with E-state index in [-0.39, 0.29) is 11.9 Å². The molecule has 1 atom stereocenters. The van der Waals surface area contributed by atoms with Crippen molar-refractivity contribution in [3.63, 3.8) is 0 Å². The quantitative estimate of drug-likeness (QED) is 0.718. The summed E-state index contributed by atoms with van der Waals surface area (Å²) in [6, 6.07) is 20.3. The Morgan fingerprint density at radius 1 is 1.07 bits per heavy atom. The fraction of sp³-hybridized carbons (Fsp3) is 0.273. The lowest BCUT2D eigenvalue weighted by Gasteiger charge is -2.24. The van der Waals surface area contributed by atoms with Crippen LogP contribution >= 0.6 is 0 Å². The van der Waals surface area contributed by atoms with E-state index < -0.39 is 0 Å². The van der Waals surface area contributed by atoms with Crippen molar-refractivity contribution in [3.05, 3.63) is 77.6 Å². The van der Waals surface area contributed by atoms with Gasteiger partial charge in [-0.2, -0.15) is 5.10 Å². The first kappa shape index (κ1) is 18.9. The molecular formula is C22H26N4O. The topological polar surface area (TPSA) is 50.2 Å². The normalized spacial score (nSPS) is 12.2. The highest BCUT2D eigenvalue weighted by Crippen LogP contribution is 2.23.